The number of phenolic OH excluding ortho intramolecular Hbond substituents is 3. The molecule has 11 atom stereocenters. The summed E-state index contributed by atoms with van der Waals surface area (Å²) in [6.07, 6.45) is -12.7. The fourth-order valence-corrected chi connectivity index (χ4v) is 6.50. The second-order valence-electron chi connectivity index (χ2n) is 12.1. The number of esters is 1. The van der Waals surface area contributed by atoms with Crippen molar-refractivity contribution in [2.75, 3.05) is 20.8 Å². The molecule has 0 aromatic heterocycles. The van der Waals surface area contributed by atoms with Gasteiger partial charge in [0.15, 0.2) is 41.9 Å². The summed E-state index contributed by atoms with van der Waals surface area (Å²) in [5.74, 6) is -2.12. The lowest BCUT2D eigenvalue weighted by molar-refractivity contribution is -0.342. The molecule has 11 unspecified atom stereocenters. The van der Waals surface area contributed by atoms with E-state index in [1.54, 1.807) is 24.3 Å². The SMILES string of the molecule is COc1cc(C2OC(OC3OC(COC(=O)Cc4ccc(O)cc4)C(O)C(O)C3O)C3C(c4ccc(O)c(OC)c4)OC(O)C23)ccc1O. The van der Waals surface area contributed by atoms with Gasteiger partial charge in [-0.3, -0.25) is 4.79 Å². The lowest BCUT2D eigenvalue weighted by Gasteiger charge is -2.41. The van der Waals surface area contributed by atoms with Gasteiger partial charge < -0.3 is 68.9 Å². The predicted molar refractivity (Wildman–Crippen MR) is 164 cm³/mol. The number of aliphatic hydroxyl groups is 4. The standard InChI is InChI=1S/C34H38O15/c1-43-21-12-16(5-9-19(21)36)30-25-26(31(47-32(25)42)17-6-10-20(37)22(13-17)44-2)33(48-30)49-34-29(41)28(40)27(39)23(46-34)14-45-24(38)11-15-3-7-18(35)8-4-15/h3-10,12-13,23,25-37,39-42H,11,14H2,1-2H3. The Labute approximate surface area is 280 Å². The maximum atomic E-state index is 12.5. The molecule has 0 saturated carbocycles. The minimum absolute atomic E-state index is 0.0360. The number of ether oxygens (including phenoxy) is 7. The van der Waals surface area contributed by atoms with E-state index in [2.05, 4.69) is 0 Å². The van der Waals surface area contributed by atoms with E-state index in [1.807, 2.05) is 0 Å². The van der Waals surface area contributed by atoms with E-state index in [-0.39, 0.29) is 35.2 Å². The van der Waals surface area contributed by atoms with Crippen molar-refractivity contribution in [1.82, 2.24) is 0 Å². The molecule has 0 spiro atoms. The molecule has 49 heavy (non-hydrogen) atoms. The summed E-state index contributed by atoms with van der Waals surface area (Å²) in [6, 6.07) is 15.0. The summed E-state index contributed by atoms with van der Waals surface area (Å²) in [6.45, 7) is -0.493. The van der Waals surface area contributed by atoms with Crippen molar-refractivity contribution >= 4 is 5.97 Å². The number of methoxy groups -OCH3 is 2. The number of fused-ring (bicyclic) bond motifs is 1. The fourth-order valence-electron chi connectivity index (χ4n) is 6.50. The quantitative estimate of drug-likeness (QED) is 0.149. The Balaban J connectivity index is 1.25. The summed E-state index contributed by atoms with van der Waals surface area (Å²) < 4.78 is 40.2. The molecule has 0 aliphatic carbocycles. The molecule has 0 amide bonds. The van der Waals surface area contributed by atoms with E-state index in [0.717, 1.165) is 0 Å². The highest BCUT2D eigenvalue weighted by atomic mass is 16.8. The Morgan fingerprint density at radius 1 is 0.694 bits per heavy atom. The lowest BCUT2D eigenvalue weighted by Crippen LogP contribution is -2.60. The molecule has 7 N–H and O–H groups in total. The van der Waals surface area contributed by atoms with Crippen LogP contribution in [0.4, 0.5) is 0 Å². The molecule has 0 bridgehead atoms. The minimum Gasteiger partial charge on any atom is -0.508 e. The molecule has 264 valence electrons. The van der Waals surface area contributed by atoms with E-state index in [9.17, 15) is 40.5 Å². The zero-order chi connectivity index (χ0) is 35.0. The van der Waals surface area contributed by atoms with Gasteiger partial charge in [0.05, 0.1) is 44.7 Å². The van der Waals surface area contributed by atoms with Gasteiger partial charge in [-0.2, -0.15) is 0 Å². The van der Waals surface area contributed by atoms with Crippen molar-refractivity contribution in [2.45, 2.75) is 61.9 Å². The first-order valence-corrected chi connectivity index (χ1v) is 15.5. The zero-order valence-electron chi connectivity index (χ0n) is 26.4. The van der Waals surface area contributed by atoms with Crippen LogP contribution in [0.3, 0.4) is 0 Å². The van der Waals surface area contributed by atoms with Crippen LogP contribution in [0.25, 0.3) is 0 Å². The fraction of sp³-hybridized carbons (Fsp3) is 0.441. The van der Waals surface area contributed by atoms with Crippen LogP contribution >= 0.6 is 0 Å². The van der Waals surface area contributed by atoms with Crippen LogP contribution in [0, 0.1) is 11.8 Å². The van der Waals surface area contributed by atoms with Gasteiger partial charge in [0.25, 0.3) is 0 Å². The Morgan fingerprint density at radius 2 is 1.29 bits per heavy atom. The molecular weight excluding hydrogens is 648 g/mol. The summed E-state index contributed by atoms with van der Waals surface area (Å²) in [4.78, 5) is 12.5. The monoisotopic (exact) mass is 686 g/mol. The van der Waals surface area contributed by atoms with Gasteiger partial charge in [-0.15, -0.1) is 0 Å². The molecule has 0 radical (unpaired) electrons. The third-order valence-corrected chi connectivity index (χ3v) is 9.05. The van der Waals surface area contributed by atoms with Crippen LogP contribution in [-0.4, -0.2) is 106 Å². The summed E-state index contributed by atoms with van der Waals surface area (Å²) in [5.41, 5.74) is 1.57. The number of aromatic hydroxyl groups is 3. The number of carbonyl (C=O) groups excluding carboxylic acids is 1. The molecule has 3 fully saturated rings. The first-order valence-electron chi connectivity index (χ1n) is 15.5. The molecule has 15 heteroatoms. The summed E-state index contributed by atoms with van der Waals surface area (Å²) in [5, 5.41) is 73.4. The zero-order valence-corrected chi connectivity index (χ0v) is 26.4. The van der Waals surface area contributed by atoms with Gasteiger partial charge in [0, 0.05) is 0 Å². The topological polar surface area (TPSA) is 223 Å². The Morgan fingerprint density at radius 3 is 1.88 bits per heavy atom. The van der Waals surface area contributed by atoms with Crippen molar-refractivity contribution in [3.8, 4) is 28.7 Å². The lowest BCUT2D eigenvalue weighted by atomic mass is 9.83. The molecule has 3 aliphatic rings. The molecule has 3 saturated heterocycles. The van der Waals surface area contributed by atoms with Crippen LogP contribution in [0.15, 0.2) is 60.7 Å². The highest BCUT2D eigenvalue weighted by Crippen LogP contribution is 2.57. The van der Waals surface area contributed by atoms with Crippen LogP contribution in [0.5, 0.6) is 28.7 Å². The molecule has 3 aromatic carbocycles. The Bertz CT molecular complexity index is 1560. The number of aliphatic hydroxyl groups excluding tert-OH is 4. The van der Waals surface area contributed by atoms with Gasteiger partial charge in [0.1, 0.15) is 36.8 Å². The maximum absolute atomic E-state index is 12.5. The number of benzene rings is 3. The van der Waals surface area contributed by atoms with E-state index in [4.69, 9.17) is 33.2 Å². The first-order chi connectivity index (χ1) is 23.5. The second-order valence-corrected chi connectivity index (χ2v) is 12.1. The third kappa shape index (κ3) is 6.97. The molecular formula is C34H38O15. The van der Waals surface area contributed by atoms with E-state index >= 15 is 0 Å². The highest BCUT2D eigenvalue weighted by Gasteiger charge is 2.60. The predicted octanol–water partition coefficient (Wildman–Crippen LogP) is 1.15. The smallest absolute Gasteiger partial charge is 0.310 e. The number of hydrogen-bond acceptors (Lipinski definition) is 15. The first kappa shape index (κ1) is 34.7. The summed E-state index contributed by atoms with van der Waals surface area (Å²) in [7, 11) is 2.76. The van der Waals surface area contributed by atoms with Crippen LogP contribution in [0.1, 0.15) is 28.9 Å². The third-order valence-electron chi connectivity index (χ3n) is 9.05. The molecule has 3 heterocycles. The van der Waals surface area contributed by atoms with Gasteiger partial charge >= 0.3 is 5.97 Å². The van der Waals surface area contributed by atoms with Gasteiger partial charge in [-0.1, -0.05) is 24.3 Å². The van der Waals surface area contributed by atoms with Gasteiger partial charge in [-0.05, 0) is 53.1 Å². The van der Waals surface area contributed by atoms with E-state index in [0.29, 0.717) is 16.7 Å². The van der Waals surface area contributed by atoms with Crippen molar-refractivity contribution in [3.63, 3.8) is 0 Å². The molecule has 3 aliphatic heterocycles. The largest absolute Gasteiger partial charge is 0.508 e. The average molecular weight is 687 g/mol. The van der Waals surface area contributed by atoms with Crippen molar-refractivity contribution < 1.29 is 73.7 Å². The number of rotatable bonds is 10. The van der Waals surface area contributed by atoms with E-state index < -0.39 is 79.9 Å². The molecule has 3 aromatic rings. The summed E-state index contributed by atoms with van der Waals surface area (Å²) >= 11 is 0. The highest BCUT2D eigenvalue weighted by molar-refractivity contribution is 5.72. The Hall–Kier alpha value is -4.19. The number of carbonyl (C=O) groups is 1. The molecule has 15 nitrogen and oxygen atoms in total. The normalized spacial score (nSPS) is 32.4. The molecule has 6 rings (SSSR count). The van der Waals surface area contributed by atoms with Crippen LogP contribution < -0.4 is 9.47 Å². The van der Waals surface area contributed by atoms with Crippen molar-refractivity contribution in [1.29, 1.82) is 0 Å². The number of phenols is 3. The van der Waals surface area contributed by atoms with Gasteiger partial charge in [0.2, 0.25) is 0 Å². The van der Waals surface area contributed by atoms with Crippen LogP contribution in [-0.2, 0) is 34.9 Å². The Kier molecular flexibility index (Phi) is 10.1. The second kappa shape index (κ2) is 14.3. The van der Waals surface area contributed by atoms with E-state index in [1.165, 1.54) is 50.6 Å². The minimum atomic E-state index is -1.77. The van der Waals surface area contributed by atoms with Crippen molar-refractivity contribution in [3.05, 3.63) is 77.4 Å². The number of hydrogen-bond donors (Lipinski definition) is 7. The average Bonchev–Trinajstić information content (AvgIpc) is 3.64. The van der Waals surface area contributed by atoms with Gasteiger partial charge in [-0.25, -0.2) is 0 Å². The van der Waals surface area contributed by atoms with Crippen molar-refractivity contribution in [2.24, 2.45) is 11.8 Å². The van der Waals surface area contributed by atoms with Crippen LogP contribution in [0.2, 0.25) is 0 Å². The maximum Gasteiger partial charge on any atom is 0.310 e.